The molecule has 2 atom stereocenters. The number of carboxylic acid groups (broad SMARTS) is 1. The van der Waals surface area contributed by atoms with Crippen LogP contribution in [0.5, 0.6) is 11.5 Å². The Morgan fingerprint density at radius 3 is 2.58 bits per heavy atom. The highest BCUT2D eigenvalue weighted by atomic mass is 16.4. The van der Waals surface area contributed by atoms with Crippen molar-refractivity contribution in [2.45, 2.75) is 45.2 Å². The number of carbonyl (C=O) groups is 1. The van der Waals surface area contributed by atoms with Crippen LogP contribution in [-0.4, -0.2) is 26.8 Å². The van der Waals surface area contributed by atoms with Gasteiger partial charge < -0.3 is 15.3 Å². The summed E-state index contributed by atoms with van der Waals surface area (Å²) < 4.78 is 0. The molecule has 1 rings (SSSR count). The van der Waals surface area contributed by atoms with Gasteiger partial charge in [0.2, 0.25) is 0 Å². The van der Waals surface area contributed by atoms with Crippen molar-refractivity contribution in [2.75, 3.05) is 0 Å². The summed E-state index contributed by atoms with van der Waals surface area (Å²) in [4.78, 5) is 11.4. The molecule has 0 aliphatic carbocycles. The van der Waals surface area contributed by atoms with E-state index in [0.29, 0.717) is 12.0 Å². The summed E-state index contributed by atoms with van der Waals surface area (Å²) in [6.07, 6.45) is 1.21. The van der Waals surface area contributed by atoms with E-state index in [1.54, 1.807) is 13.8 Å². The molecule has 5 heteroatoms. The number of hydrogen-bond donors (Lipinski definition) is 4. The van der Waals surface area contributed by atoms with Crippen LogP contribution in [0.25, 0.3) is 0 Å². The second kappa shape index (κ2) is 5.93. The van der Waals surface area contributed by atoms with E-state index in [-0.39, 0.29) is 17.5 Å². The van der Waals surface area contributed by atoms with E-state index in [4.69, 9.17) is 0 Å². The first kappa shape index (κ1) is 15.3. The summed E-state index contributed by atoms with van der Waals surface area (Å²) >= 11 is 0. The molecule has 1 aromatic carbocycles. The monoisotopic (exact) mass is 267 g/mol. The van der Waals surface area contributed by atoms with Crippen molar-refractivity contribution < 1.29 is 20.1 Å². The van der Waals surface area contributed by atoms with Crippen molar-refractivity contribution in [3.63, 3.8) is 0 Å². The van der Waals surface area contributed by atoms with E-state index in [9.17, 15) is 20.1 Å². The lowest BCUT2D eigenvalue weighted by Crippen LogP contribution is -2.50. The molecule has 106 valence electrons. The molecule has 2 unspecified atom stereocenters. The number of carboxylic acids is 1. The minimum Gasteiger partial charge on any atom is -0.508 e. The maximum Gasteiger partial charge on any atom is 0.323 e. The van der Waals surface area contributed by atoms with Crippen LogP contribution in [0.1, 0.15) is 45.2 Å². The lowest BCUT2D eigenvalue weighted by Gasteiger charge is -2.30. The molecule has 5 nitrogen and oxygen atoms in total. The zero-order valence-electron chi connectivity index (χ0n) is 11.5. The number of rotatable bonds is 6. The molecule has 0 radical (unpaired) electrons. The van der Waals surface area contributed by atoms with Gasteiger partial charge in [0.1, 0.15) is 17.0 Å². The van der Waals surface area contributed by atoms with Gasteiger partial charge in [-0.1, -0.05) is 13.3 Å². The summed E-state index contributed by atoms with van der Waals surface area (Å²) in [5, 5.41) is 31.5. The van der Waals surface area contributed by atoms with Crippen molar-refractivity contribution in [3.8, 4) is 11.5 Å². The molecule has 0 spiro atoms. The summed E-state index contributed by atoms with van der Waals surface area (Å²) in [5.41, 5.74) is -0.588. The van der Waals surface area contributed by atoms with Crippen LogP contribution in [0.3, 0.4) is 0 Å². The highest BCUT2D eigenvalue weighted by Gasteiger charge is 2.33. The van der Waals surface area contributed by atoms with Gasteiger partial charge in [-0.2, -0.15) is 0 Å². The van der Waals surface area contributed by atoms with Crippen molar-refractivity contribution in [1.82, 2.24) is 5.32 Å². The van der Waals surface area contributed by atoms with E-state index in [1.165, 1.54) is 18.2 Å². The smallest absolute Gasteiger partial charge is 0.323 e. The Balaban J connectivity index is 2.97. The Morgan fingerprint density at radius 2 is 2.05 bits per heavy atom. The molecule has 0 amide bonds. The molecule has 4 N–H and O–H groups in total. The first-order valence-corrected chi connectivity index (χ1v) is 6.33. The number of aliphatic carboxylic acids is 1. The van der Waals surface area contributed by atoms with Gasteiger partial charge in [0.15, 0.2) is 0 Å². The van der Waals surface area contributed by atoms with Gasteiger partial charge in [-0.05, 0) is 38.5 Å². The first-order chi connectivity index (χ1) is 8.80. The highest BCUT2D eigenvalue weighted by molar-refractivity contribution is 5.78. The maximum atomic E-state index is 11.4. The van der Waals surface area contributed by atoms with Crippen molar-refractivity contribution in [1.29, 1.82) is 0 Å². The molecule has 0 saturated carbocycles. The van der Waals surface area contributed by atoms with Crippen LogP contribution in [0.4, 0.5) is 0 Å². The molecule has 19 heavy (non-hydrogen) atoms. The maximum absolute atomic E-state index is 11.4. The largest absolute Gasteiger partial charge is 0.508 e. The zero-order chi connectivity index (χ0) is 14.6. The standard InChI is InChI=1S/C14H21NO4/c1-4-7-14(3,13(18)19)15-9(2)11-8-10(16)5-6-12(11)17/h5-6,8-9,15-17H,4,7H2,1-3H3,(H,18,19). The predicted molar refractivity (Wildman–Crippen MR) is 72.3 cm³/mol. The average molecular weight is 267 g/mol. The Morgan fingerprint density at radius 1 is 1.42 bits per heavy atom. The molecular formula is C14H21NO4. The third-order valence-electron chi connectivity index (χ3n) is 3.23. The van der Waals surface area contributed by atoms with Gasteiger partial charge >= 0.3 is 5.97 Å². The minimum atomic E-state index is -1.06. The summed E-state index contributed by atoms with van der Waals surface area (Å²) in [5.74, 6) is -0.864. The summed E-state index contributed by atoms with van der Waals surface area (Å²) in [7, 11) is 0. The van der Waals surface area contributed by atoms with Crippen LogP contribution in [0.15, 0.2) is 18.2 Å². The van der Waals surface area contributed by atoms with E-state index in [2.05, 4.69) is 5.32 Å². The van der Waals surface area contributed by atoms with Crippen LogP contribution in [0, 0.1) is 0 Å². The van der Waals surface area contributed by atoms with Crippen LogP contribution in [0.2, 0.25) is 0 Å². The SMILES string of the molecule is CCCC(C)(NC(C)c1cc(O)ccc1O)C(=O)O. The summed E-state index contributed by atoms with van der Waals surface area (Å²) in [6.45, 7) is 5.29. The Labute approximate surface area is 112 Å². The highest BCUT2D eigenvalue weighted by Crippen LogP contribution is 2.29. The average Bonchev–Trinajstić information content (AvgIpc) is 2.32. The topological polar surface area (TPSA) is 89.8 Å². The number of phenols is 2. The van der Waals surface area contributed by atoms with Crippen molar-refractivity contribution in [3.05, 3.63) is 23.8 Å². The van der Waals surface area contributed by atoms with Gasteiger partial charge in [-0.25, -0.2) is 0 Å². The fourth-order valence-electron chi connectivity index (χ4n) is 2.19. The Hall–Kier alpha value is -1.75. The van der Waals surface area contributed by atoms with Gasteiger partial charge in [-0.15, -0.1) is 0 Å². The molecule has 0 aliphatic heterocycles. The minimum absolute atomic E-state index is 0.0297. The van der Waals surface area contributed by atoms with Gasteiger partial charge in [0, 0.05) is 11.6 Å². The van der Waals surface area contributed by atoms with E-state index in [1.807, 2.05) is 6.92 Å². The molecule has 0 fully saturated rings. The van der Waals surface area contributed by atoms with Gasteiger partial charge in [0.25, 0.3) is 0 Å². The Kier molecular flexibility index (Phi) is 4.78. The lowest BCUT2D eigenvalue weighted by molar-refractivity contribution is -0.144. The molecule has 0 heterocycles. The van der Waals surface area contributed by atoms with Crippen molar-refractivity contribution in [2.24, 2.45) is 0 Å². The molecular weight excluding hydrogens is 246 g/mol. The van der Waals surface area contributed by atoms with Crippen LogP contribution < -0.4 is 5.32 Å². The predicted octanol–water partition coefficient (Wildman–Crippen LogP) is 2.39. The third kappa shape index (κ3) is 3.61. The van der Waals surface area contributed by atoms with Gasteiger partial charge in [-0.3, -0.25) is 10.1 Å². The van der Waals surface area contributed by atoms with E-state index >= 15 is 0 Å². The van der Waals surface area contributed by atoms with Crippen molar-refractivity contribution >= 4 is 5.97 Å². The number of nitrogens with one attached hydrogen (secondary N) is 1. The zero-order valence-corrected chi connectivity index (χ0v) is 11.5. The number of hydrogen-bond acceptors (Lipinski definition) is 4. The second-order valence-electron chi connectivity index (χ2n) is 5.00. The van der Waals surface area contributed by atoms with Crippen LogP contribution in [-0.2, 0) is 4.79 Å². The fourth-order valence-corrected chi connectivity index (χ4v) is 2.19. The van der Waals surface area contributed by atoms with Crippen LogP contribution >= 0.6 is 0 Å². The Bertz CT molecular complexity index is 461. The summed E-state index contributed by atoms with van der Waals surface area (Å²) in [6, 6.07) is 3.82. The number of aromatic hydroxyl groups is 2. The molecule has 0 saturated heterocycles. The van der Waals surface area contributed by atoms with Gasteiger partial charge in [0.05, 0.1) is 0 Å². The molecule has 0 aromatic heterocycles. The lowest BCUT2D eigenvalue weighted by atomic mass is 9.93. The van der Waals surface area contributed by atoms with E-state index < -0.39 is 11.5 Å². The molecule has 0 bridgehead atoms. The molecule has 1 aromatic rings. The van der Waals surface area contributed by atoms with E-state index in [0.717, 1.165) is 6.42 Å². The first-order valence-electron chi connectivity index (χ1n) is 6.33. The number of phenolic OH excluding ortho intramolecular Hbond substituents is 2. The normalized spacial score (nSPS) is 15.7. The fraction of sp³-hybridized carbons (Fsp3) is 0.500. The third-order valence-corrected chi connectivity index (χ3v) is 3.23. The second-order valence-corrected chi connectivity index (χ2v) is 5.00. The molecule has 0 aliphatic rings. The number of benzene rings is 1. The quantitative estimate of drug-likeness (QED) is 0.594.